The zero-order valence-electron chi connectivity index (χ0n) is 15.6. The summed E-state index contributed by atoms with van der Waals surface area (Å²) in [6.07, 6.45) is 5.90. The molecule has 0 saturated carbocycles. The highest BCUT2D eigenvalue weighted by Gasteiger charge is 2.37. The van der Waals surface area contributed by atoms with Crippen molar-refractivity contribution in [3.05, 3.63) is 81.6 Å². The average Bonchev–Trinajstić information content (AvgIpc) is 3.49. The second-order valence-electron chi connectivity index (χ2n) is 7.17. The number of rotatable bonds is 2. The highest BCUT2D eigenvalue weighted by molar-refractivity contribution is 9.10. The lowest BCUT2D eigenvalue weighted by Gasteiger charge is -2.33. The van der Waals surface area contributed by atoms with Gasteiger partial charge in [0, 0.05) is 29.3 Å². The summed E-state index contributed by atoms with van der Waals surface area (Å²) in [5.41, 5.74) is 4.20. The molecule has 5 aromatic rings. The number of H-pyrrole nitrogens is 1. The number of pyridine rings is 1. The van der Waals surface area contributed by atoms with Crippen molar-refractivity contribution in [3.8, 4) is 0 Å². The molecule has 1 aliphatic rings. The molecule has 0 spiro atoms. The van der Waals surface area contributed by atoms with Gasteiger partial charge in [-0.2, -0.15) is 5.10 Å². The summed E-state index contributed by atoms with van der Waals surface area (Å²) in [6, 6.07) is 11.5. The van der Waals surface area contributed by atoms with Crippen molar-refractivity contribution in [1.29, 1.82) is 0 Å². The lowest BCUT2D eigenvalue weighted by atomic mass is 10.0. The van der Waals surface area contributed by atoms with Crippen LogP contribution in [0, 0.1) is 0 Å². The Hall–Kier alpha value is -3.04. The number of carbonyl (C=O) groups is 1. The Morgan fingerprint density at radius 1 is 1.27 bits per heavy atom. The highest BCUT2D eigenvalue weighted by Crippen LogP contribution is 2.38. The molecule has 1 N–H and O–H groups in total. The van der Waals surface area contributed by atoms with Gasteiger partial charge in [0.2, 0.25) is 0 Å². The second kappa shape index (κ2) is 6.75. The molecule has 0 aliphatic carbocycles. The van der Waals surface area contributed by atoms with Crippen LogP contribution in [0.15, 0.2) is 59.6 Å². The summed E-state index contributed by atoms with van der Waals surface area (Å²) in [5.74, 6) is -0.0685. The number of nitrogens with zero attached hydrogens (tertiary/aromatic N) is 5. The van der Waals surface area contributed by atoms with Crippen LogP contribution in [-0.4, -0.2) is 41.9 Å². The summed E-state index contributed by atoms with van der Waals surface area (Å²) in [4.78, 5) is 28.2. The number of thiazole rings is 1. The van der Waals surface area contributed by atoms with Crippen LogP contribution in [0.5, 0.6) is 0 Å². The van der Waals surface area contributed by atoms with E-state index in [1.807, 2.05) is 41.4 Å². The number of amides is 1. The van der Waals surface area contributed by atoms with Crippen molar-refractivity contribution < 1.29 is 4.79 Å². The van der Waals surface area contributed by atoms with Crippen molar-refractivity contribution in [1.82, 2.24) is 29.5 Å². The SMILES string of the molecule is O=C(c1cnn2ccc(Br)cc12)N1CCc2[nH]cnc2[C@H]1c1nc2ccccc2s1. The Morgan fingerprint density at radius 2 is 2.17 bits per heavy atom. The van der Waals surface area contributed by atoms with Gasteiger partial charge in [-0.25, -0.2) is 14.5 Å². The van der Waals surface area contributed by atoms with Crippen LogP contribution in [0.2, 0.25) is 0 Å². The summed E-state index contributed by atoms with van der Waals surface area (Å²) >= 11 is 5.10. The van der Waals surface area contributed by atoms with E-state index in [2.05, 4.69) is 37.1 Å². The van der Waals surface area contributed by atoms with E-state index in [0.717, 1.165) is 43.0 Å². The van der Waals surface area contributed by atoms with E-state index in [0.29, 0.717) is 12.1 Å². The van der Waals surface area contributed by atoms with E-state index < -0.39 is 0 Å². The lowest BCUT2D eigenvalue weighted by Crippen LogP contribution is -2.40. The number of halogens is 1. The maximum Gasteiger partial charge on any atom is 0.258 e. The van der Waals surface area contributed by atoms with Crippen LogP contribution < -0.4 is 0 Å². The van der Waals surface area contributed by atoms with Gasteiger partial charge >= 0.3 is 0 Å². The zero-order valence-corrected chi connectivity index (χ0v) is 18.0. The Bertz CT molecular complexity index is 1390. The van der Waals surface area contributed by atoms with Gasteiger partial charge in [-0.1, -0.05) is 28.1 Å². The molecule has 5 heterocycles. The highest BCUT2D eigenvalue weighted by atomic mass is 79.9. The van der Waals surface area contributed by atoms with Crippen molar-refractivity contribution in [3.63, 3.8) is 0 Å². The summed E-state index contributed by atoms with van der Waals surface area (Å²) in [5, 5.41) is 5.23. The fraction of sp³-hybridized carbons (Fsp3) is 0.143. The van der Waals surface area contributed by atoms with Crippen LogP contribution >= 0.6 is 27.3 Å². The first-order valence-corrected chi connectivity index (χ1v) is 11.1. The van der Waals surface area contributed by atoms with E-state index in [9.17, 15) is 4.79 Å². The van der Waals surface area contributed by atoms with Gasteiger partial charge in [-0.15, -0.1) is 11.3 Å². The quantitative estimate of drug-likeness (QED) is 0.411. The third kappa shape index (κ3) is 2.69. The minimum atomic E-state index is -0.327. The second-order valence-corrected chi connectivity index (χ2v) is 9.15. The summed E-state index contributed by atoms with van der Waals surface area (Å²) in [6.45, 7) is 0.583. The number of fused-ring (bicyclic) bond motifs is 3. The zero-order chi connectivity index (χ0) is 20.2. The minimum Gasteiger partial charge on any atom is -0.348 e. The molecule has 6 rings (SSSR count). The molecule has 0 radical (unpaired) electrons. The molecule has 1 aromatic carbocycles. The van der Waals surface area contributed by atoms with Gasteiger partial charge in [-0.05, 0) is 24.3 Å². The third-order valence-electron chi connectivity index (χ3n) is 5.44. The van der Waals surface area contributed by atoms with Gasteiger partial charge in [0.1, 0.15) is 11.0 Å². The molecular weight excluding hydrogens is 464 g/mol. The van der Waals surface area contributed by atoms with E-state index in [1.54, 1.807) is 28.4 Å². The molecule has 148 valence electrons. The molecule has 4 aromatic heterocycles. The minimum absolute atomic E-state index is 0.0685. The van der Waals surface area contributed by atoms with E-state index in [1.165, 1.54) is 0 Å². The normalized spacial score (nSPS) is 16.3. The number of benzene rings is 1. The first kappa shape index (κ1) is 17.8. The van der Waals surface area contributed by atoms with E-state index >= 15 is 0 Å². The van der Waals surface area contributed by atoms with Crippen LogP contribution in [0.4, 0.5) is 0 Å². The molecule has 1 atom stereocenters. The fourth-order valence-electron chi connectivity index (χ4n) is 4.03. The predicted octanol–water partition coefficient (Wildman–Crippen LogP) is 4.22. The van der Waals surface area contributed by atoms with Gasteiger partial charge < -0.3 is 9.88 Å². The standard InChI is InChI=1S/C21H15BrN6OS/c22-12-5-8-28-16(9-12)13(10-25-28)21(29)27-7-6-15-18(24-11-23-15)19(27)20-26-14-3-1-2-4-17(14)30-20/h1-5,8-11,19H,6-7H2,(H,23,24)/t19-/m0/s1. The first-order chi connectivity index (χ1) is 14.7. The topological polar surface area (TPSA) is 79.2 Å². The maximum atomic E-state index is 13.7. The van der Waals surface area contributed by atoms with E-state index in [-0.39, 0.29) is 11.9 Å². The van der Waals surface area contributed by atoms with Gasteiger partial charge in [0.25, 0.3) is 5.91 Å². The molecular formula is C21H15BrN6OS. The Balaban J connectivity index is 1.49. The summed E-state index contributed by atoms with van der Waals surface area (Å²) in [7, 11) is 0. The number of hydrogen-bond acceptors (Lipinski definition) is 5. The van der Waals surface area contributed by atoms with Crippen LogP contribution in [0.3, 0.4) is 0 Å². The fourth-order valence-corrected chi connectivity index (χ4v) is 5.45. The number of aromatic amines is 1. The van der Waals surface area contributed by atoms with Gasteiger partial charge in [0.05, 0.1) is 39.5 Å². The molecule has 0 saturated heterocycles. The smallest absolute Gasteiger partial charge is 0.258 e. The molecule has 7 nitrogen and oxygen atoms in total. The molecule has 1 aliphatic heterocycles. The van der Waals surface area contributed by atoms with Crippen molar-refractivity contribution >= 4 is 48.9 Å². The van der Waals surface area contributed by atoms with Gasteiger partial charge in [-0.3, -0.25) is 4.79 Å². The number of nitrogens with one attached hydrogen (secondary N) is 1. The maximum absolute atomic E-state index is 13.7. The number of imidazole rings is 1. The van der Waals surface area contributed by atoms with E-state index in [4.69, 9.17) is 4.98 Å². The van der Waals surface area contributed by atoms with Gasteiger partial charge in [0.15, 0.2) is 0 Å². The molecule has 1 amide bonds. The summed E-state index contributed by atoms with van der Waals surface area (Å²) < 4.78 is 3.72. The number of aromatic nitrogens is 5. The Labute approximate surface area is 183 Å². The number of para-hydroxylation sites is 1. The Morgan fingerprint density at radius 3 is 3.07 bits per heavy atom. The number of carbonyl (C=O) groups excluding carboxylic acids is 1. The van der Waals surface area contributed by atoms with Crippen LogP contribution in [0.1, 0.15) is 32.8 Å². The molecule has 0 bridgehead atoms. The van der Waals surface area contributed by atoms with Crippen molar-refractivity contribution in [2.75, 3.05) is 6.54 Å². The van der Waals surface area contributed by atoms with Crippen LogP contribution in [-0.2, 0) is 6.42 Å². The third-order valence-corrected chi connectivity index (χ3v) is 7.03. The monoisotopic (exact) mass is 478 g/mol. The Kier molecular flexibility index (Phi) is 4.00. The first-order valence-electron chi connectivity index (χ1n) is 9.50. The molecule has 0 unspecified atom stereocenters. The number of hydrogen-bond donors (Lipinski definition) is 1. The van der Waals surface area contributed by atoms with Crippen LogP contribution in [0.25, 0.3) is 15.7 Å². The van der Waals surface area contributed by atoms with Crippen molar-refractivity contribution in [2.24, 2.45) is 0 Å². The lowest BCUT2D eigenvalue weighted by molar-refractivity contribution is 0.0692. The molecule has 0 fully saturated rings. The molecule has 9 heteroatoms. The molecule has 30 heavy (non-hydrogen) atoms. The predicted molar refractivity (Wildman–Crippen MR) is 118 cm³/mol. The van der Waals surface area contributed by atoms with Crippen molar-refractivity contribution in [2.45, 2.75) is 12.5 Å². The average molecular weight is 479 g/mol. The largest absolute Gasteiger partial charge is 0.348 e.